The Morgan fingerprint density at radius 1 is 1.67 bits per heavy atom. The summed E-state index contributed by atoms with van der Waals surface area (Å²) in [5.41, 5.74) is 0. The Morgan fingerprint density at radius 2 is 2.33 bits per heavy atom. The van der Waals surface area contributed by atoms with E-state index in [9.17, 15) is 4.79 Å². The van der Waals surface area contributed by atoms with Gasteiger partial charge >= 0.3 is 0 Å². The molecule has 0 aromatic heterocycles. The molecule has 0 unspecified atom stereocenters. The smallest absolute Gasteiger partial charge is 0.248 e. The van der Waals surface area contributed by atoms with Gasteiger partial charge in [0.25, 0.3) is 0 Å². The van der Waals surface area contributed by atoms with E-state index in [1.165, 1.54) is 0 Å². The summed E-state index contributed by atoms with van der Waals surface area (Å²) in [6.07, 6.45) is 0.125. The molecule has 1 saturated heterocycles. The zero-order valence-electron chi connectivity index (χ0n) is 7.49. The highest BCUT2D eigenvalue weighted by molar-refractivity contribution is 5.77. The number of rotatable bonds is 2. The van der Waals surface area contributed by atoms with E-state index in [2.05, 4.69) is 0 Å². The molecular formula is C8H15NO3. The molecule has 1 heterocycles. The number of ether oxygens (including phenoxy) is 1. The van der Waals surface area contributed by atoms with E-state index in [4.69, 9.17) is 9.84 Å². The predicted molar refractivity (Wildman–Crippen MR) is 43.6 cm³/mol. The van der Waals surface area contributed by atoms with Crippen LogP contribution in [0.2, 0.25) is 0 Å². The Bertz CT molecular complexity index is 172. The van der Waals surface area contributed by atoms with Gasteiger partial charge in [-0.05, 0) is 0 Å². The zero-order chi connectivity index (χ0) is 9.14. The fourth-order valence-electron chi connectivity index (χ4n) is 1.55. The molecule has 1 aliphatic heterocycles. The molecule has 70 valence electrons. The lowest BCUT2D eigenvalue weighted by atomic mass is 10.1. The number of likely N-dealkylation sites (tertiary alicyclic amines) is 1. The van der Waals surface area contributed by atoms with Crippen LogP contribution in [0, 0.1) is 5.92 Å². The van der Waals surface area contributed by atoms with E-state index in [1.54, 1.807) is 12.0 Å². The van der Waals surface area contributed by atoms with Crippen molar-refractivity contribution in [2.75, 3.05) is 26.8 Å². The van der Waals surface area contributed by atoms with Crippen LogP contribution < -0.4 is 0 Å². The zero-order valence-corrected chi connectivity index (χ0v) is 7.49. The van der Waals surface area contributed by atoms with Gasteiger partial charge in [0.2, 0.25) is 5.91 Å². The number of hydrogen-bond acceptors (Lipinski definition) is 3. The van der Waals surface area contributed by atoms with Gasteiger partial charge in [-0.2, -0.15) is 0 Å². The van der Waals surface area contributed by atoms with Crippen molar-refractivity contribution in [1.29, 1.82) is 0 Å². The van der Waals surface area contributed by atoms with Crippen LogP contribution >= 0.6 is 0 Å². The summed E-state index contributed by atoms with van der Waals surface area (Å²) in [4.78, 5) is 12.7. The summed E-state index contributed by atoms with van der Waals surface area (Å²) in [7, 11) is 1.65. The molecule has 0 aromatic rings. The molecule has 12 heavy (non-hydrogen) atoms. The quantitative estimate of drug-likeness (QED) is 0.611. The van der Waals surface area contributed by atoms with Crippen molar-refractivity contribution >= 4 is 5.91 Å². The largest absolute Gasteiger partial charge is 0.387 e. The van der Waals surface area contributed by atoms with Crippen LogP contribution in [-0.2, 0) is 9.53 Å². The minimum absolute atomic E-state index is 0.125. The highest BCUT2D eigenvalue weighted by atomic mass is 16.5. The van der Waals surface area contributed by atoms with Crippen LogP contribution in [0.5, 0.6) is 0 Å². The number of hydrogen-bond donors (Lipinski definition) is 1. The fourth-order valence-corrected chi connectivity index (χ4v) is 1.55. The molecule has 4 heteroatoms. The number of nitrogens with zero attached hydrogens (tertiary/aromatic N) is 1. The van der Waals surface area contributed by atoms with Gasteiger partial charge in [0.1, 0.15) is 6.61 Å². The topological polar surface area (TPSA) is 49.8 Å². The van der Waals surface area contributed by atoms with Gasteiger partial charge in [-0.3, -0.25) is 4.79 Å². The van der Waals surface area contributed by atoms with Gasteiger partial charge in [0, 0.05) is 26.1 Å². The Morgan fingerprint density at radius 3 is 2.75 bits per heavy atom. The average Bonchev–Trinajstić information content (AvgIpc) is 2.45. The standard InChI is InChI=1S/C8H15NO3/c1-6-3-9(8(11)5-10)4-7(6)12-2/h6-7,10H,3-5H2,1-2H3/t6-,7-/m0/s1. The molecule has 1 aliphatic rings. The lowest BCUT2D eigenvalue weighted by Gasteiger charge is -2.13. The maximum absolute atomic E-state index is 11.0. The second-order valence-corrected chi connectivity index (χ2v) is 3.21. The number of aliphatic hydroxyl groups is 1. The second-order valence-electron chi connectivity index (χ2n) is 3.21. The van der Waals surface area contributed by atoms with Crippen molar-refractivity contribution in [2.45, 2.75) is 13.0 Å². The molecule has 2 atom stereocenters. The maximum Gasteiger partial charge on any atom is 0.248 e. The Kier molecular flexibility index (Phi) is 3.05. The minimum atomic E-state index is -0.400. The molecule has 0 aliphatic carbocycles. The number of methoxy groups -OCH3 is 1. The van der Waals surface area contributed by atoms with Crippen molar-refractivity contribution in [3.05, 3.63) is 0 Å². The molecule has 1 amide bonds. The summed E-state index contributed by atoms with van der Waals surface area (Å²) in [6.45, 7) is 2.94. The van der Waals surface area contributed by atoms with E-state index in [1.807, 2.05) is 6.92 Å². The van der Waals surface area contributed by atoms with Crippen LogP contribution in [-0.4, -0.2) is 48.8 Å². The number of aliphatic hydroxyl groups excluding tert-OH is 1. The Hall–Kier alpha value is -0.610. The number of carbonyl (C=O) groups excluding carboxylic acids is 1. The van der Waals surface area contributed by atoms with Gasteiger partial charge in [0.05, 0.1) is 6.10 Å². The van der Waals surface area contributed by atoms with E-state index < -0.39 is 6.61 Å². The number of amides is 1. The molecule has 0 spiro atoms. The minimum Gasteiger partial charge on any atom is -0.387 e. The normalized spacial score (nSPS) is 29.4. The SMILES string of the molecule is CO[C@H]1CN(C(=O)CO)C[C@@H]1C. The van der Waals surface area contributed by atoms with Crippen molar-refractivity contribution in [3.63, 3.8) is 0 Å². The third-order valence-corrected chi connectivity index (χ3v) is 2.33. The summed E-state index contributed by atoms with van der Waals surface area (Å²) in [6, 6.07) is 0. The first-order valence-corrected chi connectivity index (χ1v) is 4.10. The van der Waals surface area contributed by atoms with Crippen LogP contribution in [0.4, 0.5) is 0 Å². The highest BCUT2D eigenvalue weighted by Crippen LogP contribution is 2.18. The Balaban J connectivity index is 2.48. The first-order valence-electron chi connectivity index (χ1n) is 4.10. The maximum atomic E-state index is 11.0. The van der Waals surface area contributed by atoms with Gasteiger partial charge < -0.3 is 14.7 Å². The predicted octanol–water partition coefficient (Wildman–Crippen LogP) is -0.528. The fraction of sp³-hybridized carbons (Fsp3) is 0.875. The molecule has 0 aromatic carbocycles. The third kappa shape index (κ3) is 1.76. The van der Waals surface area contributed by atoms with Gasteiger partial charge in [-0.15, -0.1) is 0 Å². The number of carbonyl (C=O) groups is 1. The molecule has 0 radical (unpaired) electrons. The first kappa shape index (κ1) is 9.48. The molecular weight excluding hydrogens is 158 g/mol. The first-order chi connectivity index (χ1) is 5.69. The molecule has 0 saturated carbocycles. The molecule has 4 nitrogen and oxygen atoms in total. The van der Waals surface area contributed by atoms with E-state index in [0.29, 0.717) is 19.0 Å². The van der Waals surface area contributed by atoms with Crippen LogP contribution in [0.1, 0.15) is 6.92 Å². The van der Waals surface area contributed by atoms with Crippen molar-refractivity contribution in [2.24, 2.45) is 5.92 Å². The summed E-state index contributed by atoms with van der Waals surface area (Å²) in [5, 5.41) is 8.61. The summed E-state index contributed by atoms with van der Waals surface area (Å²) < 4.78 is 5.17. The van der Waals surface area contributed by atoms with Crippen LogP contribution in [0.3, 0.4) is 0 Å². The van der Waals surface area contributed by atoms with Crippen LogP contribution in [0.15, 0.2) is 0 Å². The van der Waals surface area contributed by atoms with Gasteiger partial charge in [0.15, 0.2) is 0 Å². The van der Waals surface area contributed by atoms with E-state index >= 15 is 0 Å². The van der Waals surface area contributed by atoms with Gasteiger partial charge in [-0.1, -0.05) is 6.92 Å². The molecule has 1 fully saturated rings. The average molecular weight is 173 g/mol. The van der Waals surface area contributed by atoms with Gasteiger partial charge in [-0.25, -0.2) is 0 Å². The summed E-state index contributed by atoms with van der Waals surface area (Å²) in [5.74, 6) is 0.159. The molecule has 0 bridgehead atoms. The van der Waals surface area contributed by atoms with Crippen molar-refractivity contribution in [1.82, 2.24) is 4.90 Å². The Labute approximate surface area is 72.1 Å². The third-order valence-electron chi connectivity index (χ3n) is 2.33. The second kappa shape index (κ2) is 3.87. The highest BCUT2D eigenvalue weighted by Gasteiger charge is 2.31. The molecule has 1 N–H and O–H groups in total. The lowest BCUT2D eigenvalue weighted by Crippen LogP contribution is -2.32. The molecule has 1 rings (SSSR count). The van der Waals surface area contributed by atoms with Crippen molar-refractivity contribution in [3.8, 4) is 0 Å². The van der Waals surface area contributed by atoms with Crippen LogP contribution in [0.25, 0.3) is 0 Å². The lowest BCUT2D eigenvalue weighted by molar-refractivity contribution is -0.133. The van der Waals surface area contributed by atoms with E-state index in [-0.39, 0.29) is 12.0 Å². The van der Waals surface area contributed by atoms with Crippen molar-refractivity contribution < 1.29 is 14.6 Å². The summed E-state index contributed by atoms with van der Waals surface area (Å²) >= 11 is 0. The van der Waals surface area contributed by atoms with E-state index in [0.717, 1.165) is 0 Å². The monoisotopic (exact) mass is 173 g/mol.